The van der Waals surface area contributed by atoms with E-state index in [1.165, 1.54) is 0 Å². The van der Waals surface area contributed by atoms with Crippen LogP contribution in [0.1, 0.15) is 30.4 Å². The molecule has 1 aromatic heterocycles. The number of hydrogen-bond donors (Lipinski definition) is 1. The lowest BCUT2D eigenvalue weighted by Crippen LogP contribution is -2.47. The van der Waals surface area contributed by atoms with Crippen LogP contribution >= 0.6 is 22.9 Å². The number of nitrogens with one attached hydrogen (secondary N) is 1. The minimum atomic E-state index is -4.48. The van der Waals surface area contributed by atoms with Gasteiger partial charge in [-0.25, -0.2) is 4.98 Å². The molecule has 0 radical (unpaired) electrons. The van der Waals surface area contributed by atoms with E-state index in [1.54, 1.807) is 11.3 Å². The van der Waals surface area contributed by atoms with Crippen LogP contribution in [-0.4, -0.2) is 61.2 Å². The van der Waals surface area contributed by atoms with Crippen molar-refractivity contribution in [2.45, 2.75) is 30.9 Å². The number of fused-ring (bicyclic) bond motifs is 4. The molecule has 0 unspecified atom stereocenters. The van der Waals surface area contributed by atoms with Crippen LogP contribution in [0.2, 0.25) is 5.02 Å². The van der Waals surface area contributed by atoms with Gasteiger partial charge >= 0.3 is 6.18 Å². The number of aromatic nitrogens is 1. The number of hydrogen-bond acceptors (Lipinski definition) is 5. The maximum atomic E-state index is 13.7. The molecule has 2 aliphatic rings. The normalized spacial score (nSPS) is 16.5. The maximum Gasteiger partial charge on any atom is 0.405 e. The van der Waals surface area contributed by atoms with Crippen molar-refractivity contribution in [3.63, 3.8) is 0 Å². The smallest absolute Gasteiger partial charge is 0.346 e. The molecule has 0 saturated carbocycles. The second-order valence-electron chi connectivity index (χ2n) is 10.7. The first kappa shape index (κ1) is 28.0. The third-order valence-corrected chi connectivity index (χ3v) is 9.47. The Hall–Kier alpha value is -3.14. The molecule has 10 heteroatoms. The van der Waals surface area contributed by atoms with Gasteiger partial charge in [0.05, 0.1) is 10.2 Å². The van der Waals surface area contributed by atoms with Gasteiger partial charge in [-0.3, -0.25) is 9.69 Å². The van der Waals surface area contributed by atoms with Gasteiger partial charge < -0.3 is 10.2 Å². The Labute approximate surface area is 245 Å². The van der Waals surface area contributed by atoms with Crippen molar-refractivity contribution < 1.29 is 18.0 Å². The van der Waals surface area contributed by atoms with Crippen LogP contribution in [0.25, 0.3) is 21.3 Å². The summed E-state index contributed by atoms with van der Waals surface area (Å²) < 4.78 is 40.4. The van der Waals surface area contributed by atoms with Gasteiger partial charge in [-0.2, -0.15) is 13.2 Å². The van der Waals surface area contributed by atoms with Crippen LogP contribution in [0.5, 0.6) is 0 Å². The molecule has 1 amide bonds. The molecular weight excluding hydrogens is 569 g/mol. The lowest BCUT2D eigenvalue weighted by atomic mass is 9.73. The molecule has 1 N–H and O–H groups in total. The summed E-state index contributed by atoms with van der Waals surface area (Å²) in [6.45, 7) is 3.08. The number of anilines is 1. The second-order valence-corrected chi connectivity index (χ2v) is 12.1. The monoisotopic (exact) mass is 598 g/mol. The Morgan fingerprint density at radius 1 is 0.951 bits per heavy atom. The highest BCUT2D eigenvalue weighted by molar-refractivity contribution is 7.22. The van der Waals surface area contributed by atoms with E-state index in [-0.39, 0.29) is 0 Å². The third kappa shape index (κ3) is 5.55. The van der Waals surface area contributed by atoms with Crippen molar-refractivity contribution >= 4 is 44.2 Å². The molecule has 0 bridgehead atoms. The molecular formula is C31H30ClF3N4OS. The van der Waals surface area contributed by atoms with Gasteiger partial charge in [-0.05, 0) is 59.8 Å². The van der Waals surface area contributed by atoms with Crippen molar-refractivity contribution in [2.24, 2.45) is 0 Å². The molecule has 4 aromatic rings. The van der Waals surface area contributed by atoms with Crippen molar-refractivity contribution in [1.29, 1.82) is 0 Å². The summed E-state index contributed by atoms with van der Waals surface area (Å²) in [5, 5.41) is 3.94. The van der Waals surface area contributed by atoms with Gasteiger partial charge in [-0.15, -0.1) is 0 Å². The lowest BCUT2D eigenvalue weighted by Gasteiger charge is -2.35. The van der Waals surface area contributed by atoms with E-state index in [0.717, 1.165) is 76.7 Å². The highest BCUT2D eigenvalue weighted by Gasteiger charge is 2.49. The molecule has 0 atom stereocenters. The number of carbonyl (C=O) groups is 1. The molecule has 1 fully saturated rings. The van der Waals surface area contributed by atoms with Gasteiger partial charge in [0.1, 0.15) is 12.0 Å². The molecule has 2 heterocycles. The van der Waals surface area contributed by atoms with Crippen LogP contribution < -0.4 is 10.2 Å². The summed E-state index contributed by atoms with van der Waals surface area (Å²) in [6.07, 6.45) is -2.48. The van der Waals surface area contributed by atoms with Gasteiger partial charge in [0.15, 0.2) is 5.13 Å². The molecule has 6 rings (SSSR count). The number of unbranched alkanes of at least 4 members (excludes halogenated alkanes) is 1. The largest absolute Gasteiger partial charge is 0.405 e. The lowest BCUT2D eigenvalue weighted by molar-refractivity contribution is -0.141. The van der Waals surface area contributed by atoms with E-state index in [2.05, 4.69) is 15.1 Å². The molecule has 1 saturated heterocycles. The van der Waals surface area contributed by atoms with E-state index in [1.807, 2.05) is 66.7 Å². The van der Waals surface area contributed by atoms with Gasteiger partial charge in [0.25, 0.3) is 0 Å². The predicted octanol–water partition coefficient (Wildman–Crippen LogP) is 6.89. The molecule has 3 aromatic carbocycles. The third-order valence-electron chi connectivity index (χ3n) is 8.16. The van der Waals surface area contributed by atoms with E-state index in [4.69, 9.17) is 16.6 Å². The van der Waals surface area contributed by atoms with E-state index in [9.17, 15) is 18.0 Å². The molecule has 1 aliphatic heterocycles. The Morgan fingerprint density at radius 3 is 2.27 bits per heavy atom. The first-order valence-electron chi connectivity index (χ1n) is 13.8. The average Bonchev–Trinajstić information content (AvgIpc) is 3.51. The summed E-state index contributed by atoms with van der Waals surface area (Å²) in [7, 11) is 0. The van der Waals surface area contributed by atoms with Crippen molar-refractivity contribution in [1.82, 2.24) is 15.2 Å². The predicted molar refractivity (Wildman–Crippen MR) is 159 cm³/mol. The summed E-state index contributed by atoms with van der Waals surface area (Å²) in [5.74, 6) is -0.585. The van der Waals surface area contributed by atoms with Gasteiger partial charge in [0.2, 0.25) is 5.91 Å². The molecule has 0 spiro atoms. The quantitative estimate of drug-likeness (QED) is 0.225. The number of alkyl halides is 3. The topological polar surface area (TPSA) is 48.5 Å². The first-order valence-corrected chi connectivity index (χ1v) is 15.0. The fourth-order valence-corrected chi connectivity index (χ4v) is 7.49. The van der Waals surface area contributed by atoms with Crippen LogP contribution in [0.4, 0.5) is 18.3 Å². The Bertz CT molecular complexity index is 1520. The highest BCUT2D eigenvalue weighted by Crippen LogP contribution is 2.51. The number of rotatable bonds is 8. The van der Waals surface area contributed by atoms with Gasteiger partial charge in [-0.1, -0.05) is 77.9 Å². The van der Waals surface area contributed by atoms with Gasteiger partial charge in [0, 0.05) is 31.2 Å². The van der Waals surface area contributed by atoms with Crippen LogP contribution in [0, 0.1) is 0 Å². The molecule has 5 nitrogen and oxygen atoms in total. The number of thiazole rings is 1. The Kier molecular flexibility index (Phi) is 7.70. The summed E-state index contributed by atoms with van der Waals surface area (Å²) in [6, 6.07) is 21.0. The number of amides is 1. The van der Waals surface area contributed by atoms with E-state index >= 15 is 0 Å². The zero-order chi connectivity index (χ0) is 28.6. The molecule has 41 heavy (non-hydrogen) atoms. The van der Waals surface area contributed by atoms with Crippen LogP contribution in [-0.2, 0) is 10.2 Å². The maximum absolute atomic E-state index is 13.7. The minimum Gasteiger partial charge on any atom is -0.346 e. The van der Waals surface area contributed by atoms with E-state index in [0.29, 0.717) is 17.9 Å². The SMILES string of the molecule is O=C(NCC(F)(F)F)C1(CCCCN2CCN(c3nc4ccc(Cl)cc4s3)CC2)c2ccccc2-c2ccccc21. The Balaban J connectivity index is 1.12. The number of nitrogens with zero attached hydrogens (tertiary/aromatic N) is 3. The van der Waals surface area contributed by atoms with Crippen LogP contribution in [0.3, 0.4) is 0 Å². The van der Waals surface area contributed by atoms with Crippen molar-refractivity contribution in [2.75, 3.05) is 44.2 Å². The standard InChI is InChI=1S/C31H30ClF3N4OS/c32-21-11-12-26-27(19-21)41-29(37-26)39-17-15-38(16-18-39)14-6-5-13-30(28(40)36-20-31(33,34)35)24-9-3-1-7-22(24)23-8-2-4-10-25(23)30/h1-4,7-12,19H,5-6,13-18,20H2,(H,36,40). The Morgan fingerprint density at radius 2 is 1.61 bits per heavy atom. The van der Waals surface area contributed by atoms with Crippen LogP contribution in [0.15, 0.2) is 66.7 Å². The number of carbonyl (C=O) groups excluding carboxylic acids is 1. The fourth-order valence-electron chi connectivity index (χ4n) is 6.19. The van der Waals surface area contributed by atoms with Crippen molar-refractivity contribution in [3.8, 4) is 11.1 Å². The zero-order valence-corrected chi connectivity index (χ0v) is 24.0. The van der Waals surface area contributed by atoms with Crippen molar-refractivity contribution in [3.05, 3.63) is 82.9 Å². The number of benzene rings is 3. The number of piperazine rings is 1. The molecule has 214 valence electrons. The second kappa shape index (κ2) is 11.3. The highest BCUT2D eigenvalue weighted by atomic mass is 35.5. The molecule has 1 aliphatic carbocycles. The number of halogens is 4. The average molecular weight is 599 g/mol. The summed E-state index contributed by atoms with van der Waals surface area (Å²) >= 11 is 7.79. The summed E-state index contributed by atoms with van der Waals surface area (Å²) in [4.78, 5) is 23.1. The summed E-state index contributed by atoms with van der Waals surface area (Å²) in [5.41, 5.74) is 3.21. The minimum absolute atomic E-state index is 0.443. The first-order chi connectivity index (χ1) is 19.7. The van der Waals surface area contributed by atoms with E-state index < -0.39 is 24.0 Å². The zero-order valence-electron chi connectivity index (χ0n) is 22.4. The fraction of sp³-hybridized carbons (Fsp3) is 0.355.